The Hall–Kier alpha value is -2.31. The lowest BCUT2D eigenvalue weighted by Gasteiger charge is -2.13. The molecule has 2 aromatic heterocycles. The van der Waals surface area contributed by atoms with Crippen LogP contribution in [0.15, 0.2) is 42.0 Å². The molecule has 0 aliphatic rings. The van der Waals surface area contributed by atoms with Crippen molar-refractivity contribution in [2.75, 3.05) is 22.9 Å². The fraction of sp³-hybridized carbons (Fsp3) is 0.176. The molecular weight excluding hydrogens is 342 g/mol. The summed E-state index contributed by atoms with van der Waals surface area (Å²) in [6, 6.07) is 9.79. The molecule has 5 nitrogen and oxygen atoms in total. The van der Waals surface area contributed by atoms with Gasteiger partial charge in [-0.2, -0.15) is 0 Å². The van der Waals surface area contributed by atoms with Gasteiger partial charge < -0.3 is 16.4 Å². The van der Waals surface area contributed by atoms with Crippen LogP contribution in [0.2, 0.25) is 5.02 Å². The number of nitrogen functional groups attached to an aromatic ring is 1. The molecule has 0 radical (unpaired) electrons. The van der Waals surface area contributed by atoms with E-state index in [0.29, 0.717) is 22.3 Å². The number of benzene rings is 1. The Kier molecular flexibility index (Phi) is 5.17. The second kappa shape index (κ2) is 7.51. The van der Waals surface area contributed by atoms with Gasteiger partial charge in [0.2, 0.25) is 0 Å². The molecule has 3 aromatic rings. The summed E-state index contributed by atoms with van der Waals surface area (Å²) in [6.07, 6.45) is 2.43. The van der Waals surface area contributed by atoms with Gasteiger partial charge in [0.05, 0.1) is 0 Å². The molecule has 0 aliphatic carbocycles. The van der Waals surface area contributed by atoms with Crippen molar-refractivity contribution in [3.63, 3.8) is 0 Å². The highest BCUT2D eigenvalue weighted by Crippen LogP contribution is 2.28. The quantitative estimate of drug-likeness (QED) is 0.605. The molecule has 0 spiro atoms. The zero-order valence-electron chi connectivity index (χ0n) is 13.2. The highest BCUT2D eigenvalue weighted by atomic mass is 35.5. The summed E-state index contributed by atoms with van der Waals surface area (Å²) in [4.78, 5) is 9.79. The third-order valence-electron chi connectivity index (χ3n) is 3.57. The number of halogens is 1. The summed E-state index contributed by atoms with van der Waals surface area (Å²) >= 11 is 7.73. The first-order valence-corrected chi connectivity index (χ1v) is 8.79. The predicted octanol–water partition coefficient (Wildman–Crippen LogP) is 4.48. The van der Waals surface area contributed by atoms with E-state index in [1.54, 1.807) is 11.3 Å². The molecule has 0 saturated heterocycles. The summed E-state index contributed by atoms with van der Waals surface area (Å²) in [5.74, 6) is 1.21. The predicted molar refractivity (Wildman–Crippen MR) is 102 cm³/mol. The Balaban J connectivity index is 1.70. The minimum Gasteiger partial charge on any atom is -0.393 e. The first kappa shape index (κ1) is 16.5. The smallest absolute Gasteiger partial charge is 0.159 e. The number of aryl methyl sites for hydroxylation is 1. The van der Waals surface area contributed by atoms with E-state index in [0.717, 1.165) is 24.2 Å². The normalized spacial score (nSPS) is 10.6. The second-order valence-electron chi connectivity index (χ2n) is 5.32. The number of nitrogens with one attached hydrogen (secondary N) is 2. The topological polar surface area (TPSA) is 75.9 Å². The van der Waals surface area contributed by atoms with Gasteiger partial charge in [0.1, 0.15) is 12.0 Å². The van der Waals surface area contributed by atoms with Gasteiger partial charge in [-0.05, 0) is 48.6 Å². The SMILES string of the molecule is Cc1cc(Cl)ccc1Nc1ncnc(NCCc2cccs2)c1N. The van der Waals surface area contributed by atoms with Crippen LogP contribution in [-0.4, -0.2) is 16.5 Å². The lowest BCUT2D eigenvalue weighted by Crippen LogP contribution is -2.10. The number of thiophene rings is 1. The van der Waals surface area contributed by atoms with Gasteiger partial charge in [-0.3, -0.25) is 0 Å². The van der Waals surface area contributed by atoms with Gasteiger partial charge in [-0.25, -0.2) is 9.97 Å². The van der Waals surface area contributed by atoms with E-state index in [1.165, 1.54) is 11.2 Å². The zero-order chi connectivity index (χ0) is 16.9. The van der Waals surface area contributed by atoms with Gasteiger partial charge in [0, 0.05) is 22.1 Å². The summed E-state index contributed by atoms with van der Waals surface area (Å²) < 4.78 is 0. The Labute approximate surface area is 149 Å². The third-order valence-corrected chi connectivity index (χ3v) is 4.74. The van der Waals surface area contributed by atoms with Crippen LogP contribution >= 0.6 is 22.9 Å². The lowest BCUT2D eigenvalue weighted by molar-refractivity contribution is 1.02. The highest BCUT2D eigenvalue weighted by Gasteiger charge is 2.09. The van der Waals surface area contributed by atoms with E-state index >= 15 is 0 Å². The average molecular weight is 360 g/mol. The highest BCUT2D eigenvalue weighted by molar-refractivity contribution is 7.09. The van der Waals surface area contributed by atoms with E-state index in [2.05, 4.69) is 38.1 Å². The van der Waals surface area contributed by atoms with Crippen LogP contribution in [0.25, 0.3) is 0 Å². The van der Waals surface area contributed by atoms with Crippen LogP contribution < -0.4 is 16.4 Å². The van der Waals surface area contributed by atoms with Crippen LogP contribution in [-0.2, 0) is 6.42 Å². The van der Waals surface area contributed by atoms with E-state index in [-0.39, 0.29) is 0 Å². The van der Waals surface area contributed by atoms with Crippen molar-refractivity contribution in [2.45, 2.75) is 13.3 Å². The van der Waals surface area contributed by atoms with Gasteiger partial charge in [0.15, 0.2) is 11.6 Å². The molecule has 0 fully saturated rings. The molecule has 4 N–H and O–H groups in total. The largest absolute Gasteiger partial charge is 0.393 e. The number of nitrogens with zero attached hydrogens (tertiary/aromatic N) is 2. The maximum Gasteiger partial charge on any atom is 0.159 e. The molecule has 7 heteroatoms. The van der Waals surface area contributed by atoms with Crippen LogP contribution in [0.3, 0.4) is 0 Å². The maximum absolute atomic E-state index is 6.20. The lowest BCUT2D eigenvalue weighted by atomic mass is 10.2. The van der Waals surface area contributed by atoms with Crippen LogP contribution in [0.4, 0.5) is 23.0 Å². The molecule has 0 bridgehead atoms. The second-order valence-corrected chi connectivity index (χ2v) is 6.79. The minimum atomic E-state index is 0.498. The zero-order valence-corrected chi connectivity index (χ0v) is 14.8. The van der Waals surface area contributed by atoms with E-state index in [4.69, 9.17) is 17.3 Å². The minimum absolute atomic E-state index is 0.498. The number of nitrogens with two attached hydrogens (primary N) is 1. The molecule has 0 amide bonds. The molecular formula is C17H18ClN5S. The number of hydrogen-bond acceptors (Lipinski definition) is 6. The standard InChI is InChI=1S/C17H18ClN5S/c1-11-9-12(18)4-5-14(11)23-17-15(19)16(21-10-22-17)20-7-6-13-3-2-8-24-13/h2-5,8-10H,6-7,19H2,1H3,(H2,20,21,22,23). The van der Waals surface area contributed by atoms with E-state index in [9.17, 15) is 0 Å². The number of aromatic nitrogens is 2. The summed E-state index contributed by atoms with van der Waals surface area (Å²) in [5, 5.41) is 9.28. The molecule has 0 unspecified atom stereocenters. The van der Waals surface area contributed by atoms with Gasteiger partial charge in [-0.15, -0.1) is 11.3 Å². The van der Waals surface area contributed by atoms with E-state index in [1.807, 2.05) is 25.1 Å². The van der Waals surface area contributed by atoms with Crippen LogP contribution in [0.1, 0.15) is 10.4 Å². The van der Waals surface area contributed by atoms with Crippen molar-refractivity contribution in [1.29, 1.82) is 0 Å². The Bertz CT molecular complexity index is 820. The van der Waals surface area contributed by atoms with Crippen molar-refractivity contribution in [1.82, 2.24) is 9.97 Å². The van der Waals surface area contributed by atoms with E-state index < -0.39 is 0 Å². The number of rotatable bonds is 6. The molecule has 0 saturated carbocycles. The van der Waals surface area contributed by atoms with Crippen molar-refractivity contribution >= 4 is 45.9 Å². The molecule has 124 valence electrons. The molecule has 1 aromatic carbocycles. The molecule has 0 aliphatic heterocycles. The molecule has 2 heterocycles. The van der Waals surface area contributed by atoms with Crippen molar-refractivity contribution in [3.05, 3.63) is 57.5 Å². The fourth-order valence-corrected chi connectivity index (χ4v) is 3.23. The maximum atomic E-state index is 6.20. The molecule has 0 atom stereocenters. The van der Waals surface area contributed by atoms with Crippen molar-refractivity contribution in [3.8, 4) is 0 Å². The Morgan fingerprint density at radius 2 is 2.04 bits per heavy atom. The number of hydrogen-bond donors (Lipinski definition) is 3. The van der Waals surface area contributed by atoms with Crippen molar-refractivity contribution in [2.24, 2.45) is 0 Å². The fourth-order valence-electron chi connectivity index (χ4n) is 2.29. The summed E-state index contributed by atoms with van der Waals surface area (Å²) in [5.41, 5.74) is 8.63. The monoisotopic (exact) mass is 359 g/mol. The third kappa shape index (κ3) is 3.96. The van der Waals surface area contributed by atoms with Gasteiger partial charge >= 0.3 is 0 Å². The van der Waals surface area contributed by atoms with Crippen LogP contribution in [0, 0.1) is 6.92 Å². The molecule has 24 heavy (non-hydrogen) atoms. The average Bonchev–Trinajstić information content (AvgIpc) is 3.06. The van der Waals surface area contributed by atoms with Gasteiger partial charge in [-0.1, -0.05) is 17.7 Å². The Morgan fingerprint density at radius 3 is 2.79 bits per heavy atom. The first-order valence-electron chi connectivity index (χ1n) is 7.53. The molecule has 3 rings (SSSR count). The van der Waals surface area contributed by atoms with Crippen molar-refractivity contribution < 1.29 is 0 Å². The summed E-state index contributed by atoms with van der Waals surface area (Å²) in [6.45, 7) is 2.74. The Morgan fingerprint density at radius 1 is 1.21 bits per heavy atom. The van der Waals surface area contributed by atoms with Gasteiger partial charge in [0.25, 0.3) is 0 Å². The number of anilines is 4. The first-order chi connectivity index (χ1) is 11.6. The van der Waals surface area contributed by atoms with Crippen LogP contribution in [0.5, 0.6) is 0 Å². The summed E-state index contributed by atoms with van der Waals surface area (Å²) in [7, 11) is 0.